The lowest BCUT2D eigenvalue weighted by atomic mass is 10.2. The van der Waals surface area contributed by atoms with Crippen LogP contribution < -0.4 is 16.1 Å². The van der Waals surface area contributed by atoms with Crippen LogP contribution in [0.15, 0.2) is 33.9 Å². The van der Waals surface area contributed by atoms with Gasteiger partial charge in [0.2, 0.25) is 5.95 Å². The second-order valence-corrected chi connectivity index (χ2v) is 6.47. The van der Waals surface area contributed by atoms with Crippen molar-refractivity contribution >= 4 is 22.8 Å². The third-order valence-electron chi connectivity index (χ3n) is 4.85. The molecule has 0 spiro atoms. The van der Waals surface area contributed by atoms with Crippen LogP contribution in [0.1, 0.15) is 18.9 Å². The zero-order valence-corrected chi connectivity index (χ0v) is 14.7. The number of anilines is 2. The number of para-hydroxylation sites is 1. The minimum Gasteiger partial charge on any atom is -0.310 e. The van der Waals surface area contributed by atoms with Gasteiger partial charge in [0.15, 0.2) is 11.2 Å². The Morgan fingerprint density at radius 3 is 2.64 bits per heavy atom. The van der Waals surface area contributed by atoms with E-state index >= 15 is 0 Å². The lowest BCUT2D eigenvalue weighted by molar-refractivity contribution is 0.590. The fraction of sp³-hybridized carbons (Fsp3) is 0.389. The van der Waals surface area contributed by atoms with Crippen LogP contribution in [-0.4, -0.2) is 25.2 Å². The number of benzene rings is 1. The largest absolute Gasteiger partial charge is 0.332 e. The van der Waals surface area contributed by atoms with Gasteiger partial charge in [-0.2, -0.15) is 4.98 Å². The zero-order chi connectivity index (χ0) is 17.7. The van der Waals surface area contributed by atoms with Crippen LogP contribution in [0.4, 0.5) is 11.6 Å². The van der Waals surface area contributed by atoms with E-state index in [1.807, 2.05) is 23.6 Å². The molecule has 0 fully saturated rings. The summed E-state index contributed by atoms with van der Waals surface area (Å²) < 4.78 is 4.73. The fourth-order valence-electron chi connectivity index (χ4n) is 3.59. The van der Waals surface area contributed by atoms with Crippen LogP contribution >= 0.6 is 0 Å². The van der Waals surface area contributed by atoms with Gasteiger partial charge in [0.05, 0.1) is 0 Å². The number of hydrogen-bond donors (Lipinski definition) is 0. The van der Waals surface area contributed by atoms with Gasteiger partial charge in [-0.3, -0.25) is 13.9 Å². The highest BCUT2D eigenvalue weighted by Crippen LogP contribution is 2.33. The zero-order valence-electron chi connectivity index (χ0n) is 14.7. The smallest absolute Gasteiger partial charge is 0.310 e. The Morgan fingerprint density at radius 1 is 1.16 bits per heavy atom. The number of rotatable bonds is 3. The predicted molar refractivity (Wildman–Crippen MR) is 97.7 cm³/mol. The van der Waals surface area contributed by atoms with Crippen molar-refractivity contribution in [2.45, 2.75) is 33.4 Å². The number of fused-ring (bicyclic) bond motifs is 3. The number of nitrogens with zero attached hydrogens (tertiary/aromatic N) is 5. The molecule has 0 aliphatic carbocycles. The van der Waals surface area contributed by atoms with E-state index < -0.39 is 0 Å². The molecule has 1 aliphatic rings. The van der Waals surface area contributed by atoms with E-state index in [1.165, 1.54) is 9.13 Å². The maximum Gasteiger partial charge on any atom is 0.332 e. The molecule has 3 heterocycles. The summed E-state index contributed by atoms with van der Waals surface area (Å²) in [5.41, 5.74) is 2.65. The molecule has 130 valence electrons. The van der Waals surface area contributed by atoms with E-state index in [0.29, 0.717) is 24.3 Å². The van der Waals surface area contributed by atoms with Crippen molar-refractivity contribution in [1.29, 1.82) is 0 Å². The van der Waals surface area contributed by atoms with Crippen LogP contribution in [0.3, 0.4) is 0 Å². The highest BCUT2D eigenvalue weighted by molar-refractivity contribution is 5.78. The molecule has 7 heteroatoms. The van der Waals surface area contributed by atoms with Crippen LogP contribution in [0.2, 0.25) is 0 Å². The summed E-state index contributed by atoms with van der Waals surface area (Å²) in [6.45, 7) is 5.88. The first-order chi connectivity index (χ1) is 12.0. The lowest BCUT2D eigenvalue weighted by Gasteiger charge is -2.18. The first kappa shape index (κ1) is 15.7. The summed E-state index contributed by atoms with van der Waals surface area (Å²) in [4.78, 5) is 32.1. The Hall–Kier alpha value is -2.83. The SMILES string of the molecule is CCCn1c(=O)c2c(nc3n2CCN3c2ccccc2C)n(C)c1=O. The number of aromatic nitrogens is 4. The maximum absolute atomic E-state index is 12.9. The highest BCUT2D eigenvalue weighted by Gasteiger charge is 2.29. The number of aryl methyl sites for hydroxylation is 2. The minimum atomic E-state index is -0.307. The summed E-state index contributed by atoms with van der Waals surface area (Å²) >= 11 is 0. The van der Waals surface area contributed by atoms with Gasteiger partial charge in [-0.05, 0) is 25.0 Å². The Labute approximate surface area is 144 Å². The van der Waals surface area contributed by atoms with Gasteiger partial charge in [0, 0.05) is 32.4 Å². The molecule has 0 saturated carbocycles. The molecule has 0 N–H and O–H groups in total. The summed E-state index contributed by atoms with van der Waals surface area (Å²) in [7, 11) is 1.68. The van der Waals surface area contributed by atoms with Crippen molar-refractivity contribution in [3.8, 4) is 0 Å². The quantitative estimate of drug-likeness (QED) is 0.729. The molecule has 25 heavy (non-hydrogen) atoms. The molecule has 4 rings (SSSR count). The summed E-state index contributed by atoms with van der Waals surface area (Å²) in [5, 5.41) is 0. The topological polar surface area (TPSA) is 65.1 Å². The molecule has 7 nitrogen and oxygen atoms in total. The van der Waals surface area contributed by atoms with Crippen molar-refractivity contribution in [3.05, 3.63) is 50.7 Å². The van der Waals surface area contributed by atoms with E-state index in [1.54, 1.807) is 7.05 Å². The van der Waals surface area contributed by atoms with Gasteiger partial charge in [-0.1, -0.05) is 25.1 Å². The van der Waals surface area contributed by atoms with E-state index in [9.17, 15) is 9.59 Å². The van der Waals surface area contributed by atoms with Crippen LogP contribution in [0, 0.1) is 6.92 Å². The summed E-state index contributed by atoms with van der Waals surface area (Å²) in [5.74, 6) is 0.727. The first-order valence-electron chi connectivity index (χ1n) is 8.57. The molecule has 1 aromatic carbocycles. The van der Waals surface area contributed by atoms with Crippen LogP contribution in [0.5, 0.6) is 0 Å². The Morgan fingerprint density at radius 2 is 1.92 bits per heavy atom. The molecule has 0 radical (unpaired) electrons. The van der Waals surface area contributed by atoms with Crippen LogP contribution in [0.25, 0.3) is 11.2 Å². The average molecular weight is 339 g/mol. The molecule has 0 amide bonds. The normalized spacial score (nSPS) is 13.6. The van der Waals surface area contributed by atoms with Gasteiger partial charge in [-0.15, -0.1) is 0 Å². The van der Waals surface area contributed by atoms with Gasteiger partial charge in [0.25, 0.3) is 5.56 Å². The molecule has 0 unspecified atom stereocenters. The second-order valence-electron chi connectivity index (χ2n) is 6.47. The number of imidazole rings is 1. The van der Waals surface area contributed by atoms with Gasteiger partial charge < -0.3 is 9.47 Å². The number of hydrogen-bond acceptors (Lipinski definition) is 4. The predicted octanol–water partition coefficient (Wildman–Crippen LogP) is 1.77. The lowest BCUT2D eigenvalue weighted by Crippen LogP contribution is -2.39. The van der Waals surface area contributed by atoms with Gasteiger partial charge >= 0.3 is 5.69 Å². The third kappa shape index (κ3) is 2.15. The molecule has 3 aromatic rings. The van der Waals surface area contributed by atoms with E-state index in [0.717, 1.165) is 30.2 Å². The van der Waals surface area contributed by atoms with Crippen LogP contribution in [-0.2, 0) is 20.1 Å². The molecular weight excluding hydrogens is 318 g/mol. The standard InChI is InChI=1S/C18H21N5O2/c1-4-9-23-16(24)14-15(20(3)18(23)25)19-17-21(10-11-22(14)17)13-8-6-5-7-12(13)2/h5-8H,4,9-11H2,1-3H3. The van der Waals surface area contributed by atoms with E-state index in [2.05, 4.69) is 28.9 Å². The Kier molecular flexibility index (Phi) is 3.52. The second kappa shape index (κ2) is 5.61. The monoisotopic (exact) mass is 339 g/mol. The Bertz CT molecular complexity index is 1090. The van der Waals surface area contributed by atoms with E-state index in [-0.39, 0.29) is 11.2 Å². The first-order valence-corrected chi connectivity index (χ1v) is 8.57. The van der Waals surface area contributed by atoms with Gasteiger partial charge in [-0.25, -0.2) is 4.79 Å². The van der Waals surface area contributed by atoms with Crippen molar-refractivity contribution < 1.29 is 0 Å². The minimum absolute atomic E-state index is 0.245. The molecule has 0 atom stereocenters. The summed E-state index contributed by atoms with van der Waals surface area (Å²) in [6.07, 6.45) is 0.733. The Balaban J connectivity index is 1.99. The third-order valence-corrected chi connectivity index (χ3v) is 4.85. The molecule has 0 saturated heterocycles. The molecule has 2 aromatic heterocycles. The maximum atomic E-state index is 12.9. The van der Waals surface area contributed by atoms with Crippen molar-refractivity contribution in [3.63, 3.8) is 0 Å². The fourth-order valence-corrected chi connectivity index (χ4v) is 3.59. The van der Waals surface area contributed by atoms with Crippen molar-refractivity contribution in [2.75, 3.05) is 11.4 Å². The van der Waals surface area contributed by atoms with Gasteiger partial charge in [0.1, 0.15) is 0 Å². The van der Waals surface area contributed by atoms with E-state index in [4.69, 9.17) is 0 Å². The molecular formula is C18H21N5O2. The van der Waals surface area contributed by atoms with Crippen molar-refractivity contribution in [2.24, 2.45) is 7.05 Å². The highest BCUT2D eigenvalue weighted by atomic mass is 16.2. The average Bonchev–Trinajstić information content (AvgIpc) is 3.16. The summed E-state index contributed by atoms with van der Waals surface area (Å²) in [6, 6.07) is 8.12. The van der Waals surface area contributed by atoms with Crippen molar-refractivity contribution in [1.82, 2.24) is 18.7 Å². The molecule has 0 bridgehead atoms. The molecule has 1 aliphatic heterocycles.